The van der Waals surface area contributed by atoms with E-state index in [9.17, 15) is 9.90 Å². The van der Waals surface area contributed by atoms with Crippen molar-refractivity contribution >= 4 is 18.9 Å². The number of hydrogen-bond acceptors (Lipinski definition) is 3. The quantitative estimate of drug-likeness (QED) is 0.772. The highest BCUT2D eigenvalue weighted by Crippen LogP contribution is 2.24. The third-order valence-electron chi connectivity index (χ3n) is 4.17. The van der Waals surface area contributed by atoms with Gasteiger partial charge in [0.2, 0.25) is 0 Å². The van der Waals surface area contributed by atoms with Crippen LogP contribution in [0.3, 0.4) is 0 Å². The summed E-state index contributed by atoms with van der Waals surface area (Å²) in [6.45, 7) is 7.17. The number of benzene rings is 1. The topological polar surface area (TPSA) is 58.6 Å². The Bertz CT molecular complexity index is 518. The minimum absolute atomic E-state index is 0.0268. The lowest BCUT2D eigenvalue weighted by Gasteiger charge is -2.37. The van der Waals surface area contributed by atoms with Gasteiger partial charge in [-0.25, -0.2) is 0 Å². The van der Waals surface area contributed by atoms with Crippen LogP contribution < -0.4 is 10.8 Å². The van der Waals surface area contributed by atoms with Crippen molar-refractivity contribution in [3.05, 3.63) is 29.8 Å². The van der Waals surface area contributed by atoms with Gasteiger partial charge in [-0.15, -0.1) is 0 Å². The first-order valence-corrected chi connectivity index (χ1v) is 7.45. The normalized spacial score (nSPS) is 15.7. The molecule has 1 saturated carbocycles. The summed E-state index contributed by atoms with van der Waals surface area (Å²) in [5, 5.41) is 13.1. The summed E-state index contributed by atoms with van der Waals surface area (Å²) < 4.78 is 5.83. The second kappa shape index (κ2) is 5.81. The van der Waals surface area contributed by atoms with E-state index in [1.807, 2.05) is 38.1 Å². The Morgan fingerprint density at radius 2 is 2.00 bits per heavy atom. The first-order valence-electron chi connectivity index (χ1n) is 7.45. The highest BCUT2D eigenvalue weighted by Gasteiger charge is 2.35. The monoisotopic (exact) mass is 289 g/mol. The van der Waals surface area contributed by atoms with Crippen LogP contribution in [0.2, 0.25) is 0 Å². The summed E-state index contributed by atoms with van der Waals surface area (Å²) in [7, 11) is 0.363. The molecular weight excluding hydrogens is 265 g/mol. The fourth-order valence-corrected chi connectivity index (χ4v) is 1.74. The van der Waals surface area contributed by atoms with Crippen LogP contribution in [0.1, 0.15) is 50.9 Å². The van der Waals surface area contributed by atoms with Gasteiger partial charge in [-0.1, -0.05) is 23.7 Å². The van der Waals surface area contributed by atoms with E-state index in [2.05, 4.69) is 5.32 Å². The van der Waals surface area contributed by atoms with Gasteiger partial charge in [-0.2, -0.15) is 0 Å². The molecule has 1 fully saturated rings. The van der Waals surface area contributed by atoms with Crippen molar-refractivity contribution in [3.8, 4) is 0 Å². The smallest absolute Gasteiger partial charge is 0.309 e. The van der Waals surface area contributed by atoms with E-state index >= 15 is 0 Å². The fraction of sp³-hybridized carbons (Fsp3) is 0.562. The molecule has 4 nitrogen and oxygen atoms in total. The summed E-state index contributed by atoms with van der Waals surface area (Å²) >= 11 is 0. The average molecular weight is 289 g/mol. The lowest BCUT2D eigenvalue weighted by Crippen LogP contribution is -2.49. The van der Waals surface area contributed by atoms with Crippen molar-refractivity contribution in [1.29, 1.82) is 0 Å². The molecule has 1 aliphatic carbocycles. The molecule has 0 radical (unpaired) electrons. The Labute approximate surface area is 127 Å². The zero-order chi connectivity index (χ0) is 15.7. The Morgan fingerprint density at radius 1 is 1.33 bits per heavy atom. The van der Waals surface area contributed by atoms with E-state index in [0.717, 1.165) is 18.3 Å². The van der Waals surface area contributed by atoms with Crippen LogP contribution in [0, 0.1) is 0 Å². The molecule has 1 aromatic rings. The van der Waals surface area contributed by atoms with Crippen LogP contribution in [0.15, 0.2) is 24.3 Å². The molecule has 2 rings (SSSR count). The number of nitrogens with one attached hydrogen (secondary N) is 1. The number of hydrogen-bond donors (Lipinski definition) is 2. The van der Waals surface area contributed by atoms with E-state index in [-0.39, 0.29) is 5.91 Å². The molecular formula is C16H24BNO3. The van der Waals surface area contributed by atoms with Crippen LogP contribution >= 0.6 is 0 Å². The number of aliphatic hydroxyl groups is 1. The SMILES string of the molecule is CC(C)(O)C(C)(C)OBc1cccc(C(=O)NC2CC2)c1. The molecule has 0 spiro atoms. The van der Waals surface area contributed by atoms with Crippen molar-refractivity contribution in [1.82, 2.24) is 5.32 Å². The Morgan fingerprint density at radius 3 is 2.57 bits per heavy atom. The highest BCUT2D eigenvalue weighted by atomic mass is 16.5. The van der Waals surface area contributed by atoms with Crippen LogP contribution in [-0.4, -0.2) is 35.7 Å². The zero-order valence-corrected chi connectivity index (χ0v) is 13.3. The number of rotatable bonds is 6. The molecule has 0 atom stereocenters. The second-order valence-corrected chi connectivity index (χ2v) is 6.81. The van der Waals surface area contributed by atoms with Gasteiger partial charge in [0.05, 0.1) is 11.2 Å². The minimum atomic E-state index is -0.937. The molecule has 5 heteroatoms. The fourth-order valence-electron chi connectivity index (χ4n) is 1.74. The molecule has 0 unspecified atom stereocenters. The number of carbonyl (C=O) groups is 1. The lowest BCUT2D eigenvalue weighted by molar-refractivity contribution is -0.0893. The van der Waals surface area contributed by atoms with Gasteiger partial charge in [-0.3, -0.25) is 4.79 Å². The molecule has 0 bridgehead atoms. The third-order valence-corrected chi connectivity index (χ3v) is 4.17. The lowest BCUT2D eigenvalue weighted by atomic mass is 9.82. The molecule has 1 amide bonds. The minimum Gasteiger partial charge on any atom is -0.427 e. The zero-order valence-electron chi connectivity index (χ0n) is 13.3. The van der Waals surface area contributed by atoms with Crippen molar-refractivity contribution in [2.75, 3.05) is 0 Å². The van der Waals surface area contributed by atoms with Crippen molar-refractivity contribution in [3.63, 3.8) is 0 Å². The van der Waals surface area contributed by atoms with E-state index in [1.165, 1.54) is 0 Å². The standard InChI is InChI=1S/C16H24BNO3/c1-15(2,20)16(3,4)21-17-12-7-5-6-11(10-12)14(19)18-13-8-9-13/h5-7,10,13,17,20H,8-9H2,1-4H3,(H,18,19). The van der Waals surface area contributed by atoms with Gasteiger partial charge in [0.15, 0.2) is 0 Å². The second-order valence-electron chi connectivity index (χ2n) is 6.81. The van der Waals surface area contributed by atoms with Gasteiger partial charge < -0.3 is 15.1 Å². The Hall–Kier alpha value is -1.33. The molecule has 114 valence electrons. The van der Waals surface area contributed by atoms with E-state index in [4.69, 9.17) is 4.65 Å². The van der Waals surface area contributed by atoms with Crippen LogP contribution in [-0.2, 0) is 4.65 Å². The van der Waals surface area contributed by atoms with Gasteiger partial charge in [0, 0.05) is 11.6 Å². The van der Waals surface area contributed by atoms with Crippen LogP contribution in [0.4, 0.5) is 0 Å². The van der Waals surface area contributed by atoms with Gasteiger partial charge in [0.1, 0.15) is 0 Å². The molecule has 2 N–H and O–H groups in total. The summed E-state index contributed by atoms with van der Waals surface area (Å²) in [6.07, 6.45) is 2.16. The molecule has 0 aliphatic heterocycles. The van der Waals surface area contributed by atoms with Gasteiger partial charge in [0.25, 0.3) is 5.91 Å². The summed E-state index contributed by atoms with van der Waals surface area (Å²) in [4.78, 5) is 12.0. The van der Waals surface area contributed by atoms with Gasteiger partial charge >= 0.3 is 7.48 Å². The molecule has 0 aromatic heterocycles. The average Bonchev–Trinajstić information content (AvgIpc) is 3.19. The predicted octanol–water partition coefficient (Wildman–Crippen LogP) is 1.12. The predicted molar refractivity (Wildman–Crippen MR) is 85.2 cm³/mol. The molecule has 21 heavy (non-hydrogen) atoms. The Balaban J connectivity index is 1.99. The third kappa shape index (κ3) is 4.32. The number of amides is 1. The maximum absolute atomic E-state index is 12.0. The van der Waals surface area contributed by atoms with Crippen molar-refractivity contribution in [2.45, 2.75) is 57.8 Å². The van der Waals surface area contributed by atoms with E-state index in [1.54, 1.807) is 13.8 Å². The largest absolute Gasteiger partial charge is 0.427 e. The van der Waals surface area contributed by atoms with E-state index in [0.29, 0.717) is 19.1 Å². The van der Waals surface area contributed by atoms with Crippen molar-refractivity contribution in [2.24, 2.45) is 0 Å². The van der Waals surface area contributed by atoms with Crippen LogP contribution in [0.25, 0.3) is 0 Å². The first kappa shape index (κ1) is 16.1. The molecule has 0 heterocycles. The molecule has 0 saturated heterocycles. The van der Waals surface area contributed by atoms with Crippen LogP contribution in [0.5, 0.6) is 0 Å². The maximum atomic E-state index is 12.0. The summed E-state index contributed by atoms with van der Waals surface area (Å²) in [6, 6.07) is 7.79. The molecule has 1 aromatic carbocycles. The van der Waals surface area contributed by atoms with Crippen molar-refractivity contribution < 1.29 is 14.6 Å². The Kier molecular flexibility index (Phi) is 4.44. The van der Waals surface area contributed by atoms with E-state index < -0.39 is 11.2 Å². The van der Waals surface area contributed by atoms with Gasteiger partial charge in [-0.05, 0) is 46.6 Å². The molecule has 1 aliphatic rings. The summed E-state index contributed by atoms with van der Waals surface area (Å²) in [5.41, 5.74) is -0.0208. The highest BCUT2D eigenvalue weighted by molar-refractivity contribution is 6.47. The number of carbonyl (C=O) groups excluding carboxylic acids is 1. The first-order chi connectivity index (χ1) is 9.69. The summed E-state index contributed by atoms with van der Waals surface area (Å²) in [5.74, 6) is -0.0268. The maximum Gasteiger partial charge on any atom is 0.309 e.